The van der Waals surface area contributed by atoms with E-state index < -0.39 is 0 Å². The summed E-state index contributed by atoms with van der Waals surface area (Å²) in [4.78, 5) is 10.1. The molecule has 1 aliphatic heterocycles. The molecule has 1 saturated heterocycles. The standard InChI is InChI=1S/C29H44N4O/c1-28(2)13-14-29(3,4)25-20-22(11-12-24(25)28)26-9-7-10-27(31-26)33-18-16-32(17-19-33)15-6-5-8-23(30)21-34/h7,9-12,20,23,34H,5-6,8,13-19,21,30H2,1-4H3/t23-/m1/s1. The normalized spacial score (nSPS) is 20.7. The van der Waals surface area contributed by atoms with Crippen molar-refractivity contribution in [2.45, 2.75) is 76.7 Å². The number of aromatic nitrogens is 1. The second-order valence-corrected chi connectivity index (χ2v) is 11.7. The maximum atomic E-state index is 9.06. The molecule has 2 aromatic rings. The lowest BCUT2D eigenvalue weighted by atomic mass is 9.63. The summed E-state index contributed by atoms with van der Waals surface area (Å²) < 4.78 is 0. The van der Waals surface area contributed by atoms with Gasteiger partial charge in [-0.3, -0.25) is 4.90 Å². The van der Waals surface area contributed by atoms with Gasteiger partial charge >= 0.3 is 0 Å². The first-order valence-corrected chi connectivity index (χ1v) is 13.2. The van der Waals surface area contributed by atoms with Crippen LogP contribution in [0.4, 0.5) is 5.82 Å². The Morgan fingerprint density at radius 2 is 1.65 bits per heavy atom. The third kappa shape index (κ3) is 5.64. The number of fused-ring (bicyclic) bond motifs is 1. The number of hydrogen-bond donors (Lipinski definition) is 2. The highest BCUT2D eigenvalue weighted by Crippen LogP contribution is 2.46. The largest absolute Gasteiger partial charge is 0.395 e. The molecular weight excluding hydrogens is 420 g/mol. The summed E-state index contributed by atoms with van der Waals surface area (Å²) in [6.07, 6.45) is 5.60. The van der Waals surface area contributed by atoms with Gasteiger partial charge in [-0.1, -0.05) is 52.3 Å². The molecule has 4 rings (SSSR count). The number of nitrogens with zero attached hydrogens (tertiary/aromatic N) is 3. The van der Waals surface area contributed by atoms with Crippen molar-refractivity contribution in [1.29, 1.82) is 0 Å². The van der Waals surface area contributed by atoms with Crippen molar-refractivity contribution < 1.29 is 5.11 Å². The van der Waals surface area contributed by atoms with Gasteiger partial charge in [0.05, 0.1) is 12.3 Å². The van der Waals surface area contributed by atoms with Crippen LogP contribution in [0.1, 0.15) is 70.9 Å². The van der Waals surface area contributed by atoms with Crippen LogP contribution in [-0.2, 0) is 10.8 Å². The minimum atomic E-state index is -0.0668. The minimum Gasteiger partial charge on any atom is -0.395 e. The molecule has 0 spiro atoms. The monoisotopic (exact) mass is 464 g/mol. The van der Waals surface area contributed by atoms with Gasteiger partial charge in [-0.2, -0.15) is 0 Å². The van der Waals surface area contributed by atoms with Crippen molar-refractivity contribution >= 4 is 5.82 Å². The van der Waals surface area contributed by atoms with Crippen LogP contribution in [0.2, 0.25) is 0 Å². The van der Waals surface area contributed by atoms with Crippen LogP contribution >= 0.6 is 0 Å². The number of piperazine rings is 1. The molecule has 3 N–H and O–H groups in total. The Balaban J connectivity index is 1.41. The Labute approximate surface area is 206 Å². The van der Waals surface area contributed by atoms with Crippen LogP contribution < -0.4 is 10.6 Å². The fourth-order valence-electron chi connectivity index (χ4n) is 5.54. The second kappa shape index (κ2) is 10.3. The number of unbranched alkanes of at least 4 members (excludes halogenated alkanes) is 1. The zero-order valence-electron chi connectivity index (χ0n) is 21.7. The molecule has 0 unspecified atom stereocenters. The van der Waals surface area contributed by atoms with Crippen molar-refractivity contribution in [3.05, 3.63) is 47.5 Å². The third-order valence-corrected chi connectivity index (χ3v) is 8.11. The van der Waals surface area contributed by atoms with Gasteiger partial charge in [-0.15, -0.1) is 0 Å². The lowest BCUT2D eigenvalue weighted by molar-refractivity contribution is 0.239. The Kier molecular flexibility index (Phi) is 7.66. The van der Waals surface area contributed by atoms with E-state index in [0.29, 0.717) is 0 Å². The third-order valence-electron chi connectivity index (χ3n) is 8.11. The molecule has 0 amide bonds. The number of anilines is 1. The molecule has 2 aliphatic rings. The van der Waals surface area contributed by atoms with E-state index in [-0.39, 0.29) is 23.5 Å². The summed E-state index contributed by atoms with van der Waals surface area (Å²) in [6.45, 7) is 14.9. The van der Waals surface area contributed by atoms with E-state index in [1.165, 1.54) is 29.5 Å². The number of benzene rings is 1. The van der Waals surface area contributed by atoms with Crippen LogP contribution in [0.3, 0.4) is 0 Å². The summed E-state index contributed by atoms with van der Waals surface area (Å²) in [7, 11) is 0. The summed E-state index contributed by atoms with van der Waals surface area (Å²) in [5.74, 6) is 1.09. The summed E-state index contributed by atoms with van der Waals surface area (Å²) in [5, 5.41) is 9.06. The predicted molar refractivity (Wildman–Crippen MR) is 143 cm³/mol. The van der Waals surface area contributed by atoms with Gasteiger partial charge in [0.15, 0.2) is 0 Å². The van der Waals surface area contributed by atoms with Gasteiger partial charge in [-0.05, 0) is 72.4 Å². The Morgan fingerprint density at radius 3 is 2.35 bits per heavy atom. The molecule has 34 heavy (non-hydrogen) atoms. The number of pyridine rings is 1. The SMILES string of the molecule is CC1(C)CCC(C)(C)c2cc(-c3cccc(N4CCN(CCCC[C@@H](N)CO)CC4)n3)ccc21. The van der Waals surface area contributed by atoms with Gasteiger partial charge in [0, 0.05) is 37.8 Å². The molecule has 0 radical (unpaired) electrons. The van der Waals surface area contributed by atoms with Crippen LogP contribution in [0.25, 0.3) is 11.3 Å². The highest BCUT2D eigenvalue weighted by molar-refractivity contribution is 5.65. The zero-order valence-corrected chi connectivity index (χ0v) is 21.7. The van der Waals surface area contributed by atoms with Crippen molar-refractivity contribution in [2.24, 2.45) is 5.73 Å². The van der Waals surface area contributed by atoms with Crippen LogP contribution in [0.15, 0.2) is 36.4 Å². The molecule has 1 aromatic heterocycles. The first-order chi connectivity index (χ1) is 16.2. The van der Waals surface area contributed by atoms with E-state index in [4.69, 9.17) is 15.8 Å². The number of aliphatic hydroxyl groups is 1. The summed E-state index contributed by atoms with van der Waals surface area (Å²) in [6, 6.07) is 13.4. The number of hydrogen-bond acceptors (Lipinski definition) is 5. The number of aliphatic hydroxyl groups excluding tert-OH is 1. The van der Waals surface area contributed by atoms with Crippen LogP contribution in [0, 0.1) is 0 Å². The van der Waals surface area contributed by atoms with Crippen molar-refractivity contribution in [3.63, 3.8) is 0 Å². The van der Waals surface area contributed by atoms with Gasteiger partial charge in [0.1, 0.15) is 5.82 Å². The second-order valence-electron chi connectivity index (χ2n) is 11.7. The van der Waals surface area contributed by atoms with E-state index >= 15 is 0 Å². The average Bonchev–Trinajstić information content (AvgIpc) is 2.85. The Morgan fingerprint density at radius 1 is 0.941 bits per heavy atom. The fourth-order valence-corrected chi connectivity index (χ4v) is 5.54. The lowest BCUT2D eigenvalue weighted by Crippen LogP contribution is -2.47. The Hall–Kier alpha value is -1.95. The molecule has 5 heteroatoms. The highest BCUT2D eigenvalue weighted by atomic mass is 16.3. The molecule has 186 valence electrons. The van der Waals surface area contributed by atoms with Gasteiger partial charge in [0.25, 0.3) is 0 Å². The minimum absolute atomic E-state index is 0.0668. The molecule has 1 aliphatic carbocycles. The van der Waals surface area contributed by atoms with Crippen LogP contribution in [-0.4, -0.2) is 60.4 Å². The van der Waals surface area contributed by atoms with Gasteiger partial charge in [-0.25, -0.2) is 4.98 Å². The van der Waals surface area contributed by atoms with Crippen molar-refractivity contribution in [3.8, 4) is 11.3 Å². The number of rotatable bonds is 8. The van der Waals surface area contributed by atoms with Crippen molar-refractivity contribution in [1.82, 2.24) is 9.88 Å². The molecule has 1 atom stereocenters. The van der Waals surface area contributed by atoms with Gasteiger partial charge in [0.2, 0.25) is 0 Å². The molecular formula is C29H44N4O. The summed E-state index contributed by atoms with van der Waals surface area (Å²) >= 11 is 0. The molecule has 0 saturated carbocycles. The molecule has 1 aromatic carbocycles. The molecule has 5 nitrogen and oxygen atoms in total. The molecule has 0 bridgehead atoms. The van der Waals surface area contributed by atoms with E-state index in [1.54, 1.807) is 0 Å². The van der Waals surface area contributed by atoms with Crippen LogP contribution in [0.5, 0.6) is 0 Å². The molecule has 2 heterocycles. The topological polar surface area (TPSA) is 65.6 Å². The van der Waals surface area contributed by atoms with E-state index in [9.17, 15) is 0 Å². The predicted octanol–water partition coefficient (Wildman–Crippen LogP) is 4.71. The molecule has 1 fully saturated rings. The Bertz CT molecular complexity index is 962. The van der Waals surface area contributed by atoms with E-state index in [0.717, 1.165) is 63.5 Å². The number of nitrogens with two attached hydrogens (primary N) is 1. The maximum Gasteiger partial charge on any atom is 0.129 e. The first kappa shape index (κ1) is 25.2. The highest BCUT2D eigenvalue weighted by Gasteiger charge is 2.37. The first-order valence-electron chi connectivity index (χ1n) is 13.2. The average molecular weight is 465 g/mol. The van der Waals surface area contributed by atoms with Crippen molar-refractivity contribution in [2.75, 3.05) is 44.2 Å². The zero-order chi connectivity index (χ0) is 24.3. The van der Waals surface area contributed by atoms with E-state index in [1.807, 2.05) is 0 Å². The summed E-state index contributed by atoms with van der Waals surface area (Å²) in [5.41, 5.74) is 11.5. The quantitative estimate of drug-likeness (QED) is 0.554. The van der Waals surface area contributed by atoms with Gasteiger partial charge < -0.3 is 15.7 Å². The van der Waals surface area contributed by atoms with E-state index in [2.05, 4.69) is 73.9 Å². The smallest absolute Gasteiger partial charge is 0.129 e. The fraction of sp³-hybridized carbons (Fsp3) is 0.621. The lowest BCUT2D eigenvalue weighted by Gasteiger charge is -2.42. The maximum absolute atomic E-state index is 9.06.